The lowest BCUT2D eigenvalue weighted by Crippen LogP contribution is -2.23. The van der Waals surface area contributed by atoms with E-state index < -0.39 is 10.1 Å². The summed E-state index contributed by atoms with van der Waals surface area (Å²) in [6.45, 7) is 14.7. The van der Waals surface area contributed by atoms with Crippen molar-refractivity contribution in [3.05, 3.63) is 133 Å². The number of rotatable bonds is 9. The highest BCUT2D eigenvalue weighted by Gasteiger charge is 2.30. The van der Waals surface area contributed by atoms with E-state index >= 15 is 0 Å². The maximum Gasteiger partial charge on any atom is 0.170 e. The molecule has 0 aliphatic rings. The zero-order valence-corrected chi connectivity index (χ0v) is 30.1. The maximum atomic E-state index is 10.4. The minimum absolute atomic E-state index is 0.178. The van der Waals surface area contributed by atoms with E-state index in [4.69, 9.17) is 14.2 Å². The fraction of sp³-hybridized carbons (Fsp3) is 0.256. The number of hydrogen-bond donors (Lipinski definition) is 0. The molecular formula is C39H43NO6S2. The predicted molar refractivity (Wildman–Crippen MR) is 190 cm³/mol. The van der Waals surface area contributed by atoms with Gasteiger partial charge in [0.25, 0.3) is 0 Å². The Bertz CT molecular complexity index is 1790. The van der Waals surface area contributed by atoms with Crippen molar-refractivity contribution in [2.75, 3.05) is 0 Å². The molecule has 0 aliphatic heterocycles. The Hall–Kier alpha value is -4.31. The van der Waals surface area contributed by atoms with Gasteiger partial charge in [0, 0.05) is 18.5 Å². The molecular weight excluding hydrogens is 643 g/mol. The Kier molecular flexibility index (Phi) is 12.0. The zero-order chi connectivity index (χ0) is 35.0. The molecule has 4 aromatic carbocycles. The molecule has 5 aromatic rings. The lowest BCUT2D eigenvalue weighted by molar-refractivity contribution is 0.130. The fourth-order valence-corrected chi connectivity index (χ4v) is 7.00. The van der Waals surface area contributed by atoms with Crippen LogP contribution in [0.5, 0.6) is 17.2 Å². The highest BCUT2D eigenvalue weighted by atomic mass is 32.2. The smallest absolute Gasteiger partial charge is 0.170 e. The lowest BCUT2D eigenvalue weighted by atomic mass is 10.2. The van der Waals surface area contributed by atoms with Gasteiger partial charge in [-0.3, -0.25) is 4.98 Å². The van der Waals surface area contributed by atoms with Gasteiger partial charge in [0.2, 0.25) is 0 Å². The Morgan fingerprint density at radius 2 is 1.15 bits per heavy atom. The Balaban J connectivity index is 0.000000401. The Labute approximate surface area is 288 Å². The van der Waals surface area contributed by atoms with Crippen molar-refractivity contribution in [3.63, 3.8) is 0 Å². The minimum Gasteiger partial charge on any atom is -0.744 e. The van der Waals surface area contributed by atoms with E-state index in [1.165, 1.54) is 26.8 Å². The Morgan fingerprint density at radius 3 is 1.60 bits per heavy atom. The number of aromatic nitrogens is 1. The van der Waals surface area contributed by atoms with Crippen molar-refractivity contribution < 1.29 is 27.2 Å². The van der Waals surface area contributed by atoms with Crippen LogP contribution in [0.3, 0.4) is 0 Å². The average molecular weight is 686 g/mol. The molecule has 0 aliphatic carbocycles. The van der Waals surface area contributed by atoms with E-state index in [0.29, 0.717) is 6.61 Å². The second-order valence-corrected chi connectivity index (χ2v) is 16.5. The summed E-state index contributed by atoms with van der Waals surface area (Å²) >= 11 is 0. The van der Waals surface area contributed by atoms with Crippen LogP contribution in [-0.4, -0.2) is 29.2 Å². The number of aryl methyl sites for hydroxylation is 1. The molecule has 0 saturated carbocycles. The molecule has 7 nitrogen and oxygen atoms in total. The molecule has 48 heavy (non-hydrogen) atoms. The first kappa shape index (κ1) is 36.5. The van der Waals surface area contributed by atoms with E-state index in [1.54, 1.807) is 24.5 Å². The molecule has 0 saturated heterocycles. The maximum absolute atomic E-state index is 10.4. The second-order valence-electron chi connectivity index (χ2n) is 13.1. The van der Waals surface area contributed by atoms with Crippen molar-refractivity contribution in [2.45, 2.75) is 85.9 Å². The topological polar surface area (TPSA) is 97.8 Å². The summed E-state index contributed by atoms with van der Waals surface area (Å²) in [5.74, 6) is 2.57. The van der Waals surface area contributed by atoms with Crippen LogP contribution in [0.4, 0.5) is 0 Å². The van der Waals surface area contributed by atoms with Crippen molar-refractivity contribution >= 4 is 21.0 Å². The van der Waals surface area contributed by atoms with Crippen LogP contribution >= 0.6 is 0 Å². The van der Waals surface area contributed by atoms with Gasteiger partial charge >= 0.3 is 0 Å². The van der Waals surface area contributed by atoms with Crippen LogP contribution in [0.2, 0.25) is 0 Å². The van der Waals surface area contributed by atoms with Gasteiger partial charge in [0.1, 0.15) is 45.2 Å². The van der Waals surface area contributed by atoms with Gasteiger partial charge in [-0.05, 0) is 139 Å². The molecule has 0 spiro atoms. The molecule has 0 amide bonds. The van der Waals surface area contributed by atoms with E-state index in [2.05, 4.69) is 113 Å². The van der Waals surface area contributed by atoms with Crippen LogP contribution in [0, 0.1) is 6.92 Å². The van der Waals surface area contributed by atoms with Gasteiger partial charge < -0.3 is 18.8 Å². The molecule has 0 N–H and O–H groups in total. The third-order valence-electron chi connectivity index (χ3n) is 6.47. The number of ether oxygens (including phenoxy) is 3. The quantitative estimate of drug-likeness (QED) is 0.113. The number of nitrogens with zero attached hydrogens (tertiary/aromatic N) is 1. The second kappa shape index (κ2) is 15.7. The normalized spacial score (nSPS) is 11.8. The van der Waals surface area contributed by atoms with Crippen molar-refractivity contribution in [1.29, 1.82) is 0 Å². The average Bonchev–Trinajstić information content (AvgIpc) is 3.01. The van der Waals surface area contributed by atoms with Gasteiger partial charge in [-0.15, -0.1) is 0 Å². The summed E-state index contributed by atoms with van der Waals surface area (Å²) in [6, 6.07) is 35.0. The minimum atomic E-state index is -4.27. The number of pyridine rings is 1. The summed E-state index contributed by atoms with van der Waals surface area (Å²) in [6.07, 6.45) is 3.57. The number of hydrogen-bond acceptors (Lipinski definition) is 7. The number of benzene rings is 4. The molecule has 0 bridgehead atoms. The van der Waals surface area contributed by atoms with Gasteiger partial charge in [-0.1, -0.05) is 23.8 Å². The summed E-state index contributed by atoms with van der Waals surface area (Å²) < 4.78 is 49.4. The van der Waals surface area contributed by atoms with E-state index in [1.807, 2.05) is 25.1 Å². The first-order chi connectivity index (χ1) is 22.6. The molecule has 1 heterocycles. The van der Waals surface area contributed by atoms with Gasteiger partial charge in [0.15, 0.2) is 14.7 Å². The van der Waals surface area contributed by atoms with Crippen molar-refractivity contribution in [3.8, 4) is 17.2 Å². The van der Waals surface area contributed by atoms with E-state index in [9.17, 15) is 13.0 Å². The summed E-state index contributed by atoms with van der Waals surface area (Å²) in [5.41, 5.74) is 1.53. The highest BCUT2D eigenvalue weighted by molar-refractivity contribution is 7.97. The third kappa shape index (κ3) is 11.7. The molecule has 9 heteroatoms. The molecule has 0 radical (unpaired) electrons. The van der Waals surface area contributed by atoms with Crippen LogP contribution in [-0.2, 0) is 27.6 Å². The van der Waals surface area contributed by atoms with Crippen LogP contribution < -0.4 is 14.2 Å². The largest absolute Gasteiger partial charge is 0.744 e. The van der Waals surface area contributed by atoms with Crippen LogP contribution in [0.1, 0.15) is 52.7 Å². The molecule has 5 rings (SSSR count). The monoisotopic (exact) mass is 685 g/mol. The van der Waals surface area contributed by atoms with Gasteiger partial charge in [-0.25, -0.2) is 8.42 Å². The Morgan fingerprint density at radius 1 is 0.646 bits per heavy atom. The van der Waals surface area contributed by atoms with E-state index in [-0.39, 0.29) is 27.0 Å². The fourth-order valence-electron chi connectivity index (χ4n) is 4.44. The van der Waals surface area contributed by atoms with Crippen molar-refractivity contribution in [2.24, 2.45) is 0 Å². The molecule has 0 atom stereocenters. The van der Waals surface area contributed by atoms with Gasteiger partial charge in [-0.2, -0.15) is 0 Å². The molecule has 0 fully saturated rings. The lowest BCUT2D eigenvalue weighted by Gasteiger charge is -2.21. The summed E-state index contributed by atoms with van der Waals surface area (Å²) in [5, 5.41) is 0. The van der Waals surface area contributed by atoms with E-state index in [0.717, 1.165) is 28.4 Å². The summed E-state index contributed by atoms with van der Waals surface area (Å²) in [4.78, 5) is 7.50. The molecule has 0 unspecified atom stereocenters. The first-order valence-electron chi connectivity index (χ1n) is 15.5. The highest BCUT2D eigenvalue weighted by Crippen LogP contribution is 2.35. The standard InChI is InChI=1S/C32H36NO3S.C7H8O3S/c1-31(2,3)35-25-10-14-28(15-11-25)37(29-16-12-26(13-17-29)36-32(4,5)6)30-9-7-8-27(22-30)34-23-24-18-20-33-21-19-24;1-6-2-4-7(5-3-6)11(8,9)10/h7-22H,23H2,1-6H3;2-5H,1H3,(H,8,9,10)/q+1;/p-1. The van der Waals surface area contributed by atoms with Crippen molar-refractivity contribution in [1.82, 2.24) is 4.98 Å². The molecule has 1 aromatic heterocycles. The SMILES string of the molecule is CC(C)(C)Oc1ccc([S+](c2ccc(OC(C)(C)C)cc2)c2cccc(OCc3ccncc3)c2)cc1.Cc1ccc(S(=O)(=O)[O-])cc1. The first-order valence-corrected chi connectivity index (χ1v) is 18.2. The van der Waals surface area contributed by atoms with Gasteiger partial charge in [0.05, 0.1) is 15.8 Å². The molecule has 252 valence electrons. The predicted octanol–water partition coefficient (Wildman–Crippen LogP) is 9.01. The third-order valence-corrected chi connectivity index (χ3v) is 9.53. The van der Waals surface area contributed by atoms with Crippen LogP contribution in [0.15, 0.2) is 141 Å². The van der Waals surface area contributed by atoms with Crippen LogP contribution in [0.25, 0.3) is 0 Å². The zero-order valence-electron chi connectivity index (χ0n) is 28.5. The summed E-state index contributed by atoms with van der Waals surface area (Å²) in [7, 11) is -4.61.